The quantitative estimate of drug-likeness (QED) is 0.809. The molecule has 0 saturated carbocycles. The van der Waals surface area contributed by atoms with Crippen LogP contribution in [0.15, 0.2) is 30.3 Å². The fourth-order valence-corrected chi connectivity index (χ4v) is 1.76. The Morgan fingerprint density at radius 1 is 1.40 bits per heavy atom. The van der Waals surface area contributed by atoms with Crippen molar-refractivity contribution >= 4 is 6.09 Å². The third-order valence-electron chi connectivity index (χ3n) is 2.50. The van der Waals surface area contributed by atoms with Crippen LogP contribution in [0.25, 0.3) is 0 Å². The number of carbonyl (C=O) groups excluding carboxylic acids is 1. The summed E-state index contributed by atoms with van der Waals surface area (Å²) < 4.78 is 4.96. The van der Waals surface area contributed by atoms with Gasteiger partial charge in [-0.15, -0.1) is 0 Å². The van der Waals surface area contributed by atoms with Gasteiger partial charge in [-0.05, 0) is 5.56 Å². The van der Waals surface area contributed by atoms with Crippen LogP contribution in [0.3, 0.4) is 0 Å². The molecule has 1 aromatic rings. The van der Waals surface area contributed by atoms with Crippen LogP contribution >= 0.6 is 0 Å². The van der Waals surface area contributed by atoms with Crippen molar-refractivity contribution in [2.45, 2.75) is 6.04 Å². The highest BCUT2D eigenvalue weighted by Crippen LogP contribution is 2.26. The molecule has 1 unspecified atom stereocenters. The number of hydrogen-bond acceptors (Lipinski definition) is 3. The van der Waals surface area contributed by atoms with Crippen molar-refractivity contribution in [1.29, 1.82) is 0 Å². The van der Waals surface area contributed by atoms with Gasteiger partial charge in [-0.25, -0.2) is 4.79 Å². The van der Waals surface area contributed by atoms with E-state index >= 15 is 0 Å². The SMILES string of the molecule is O=C1OCC(c2ccccc2)N1CCO. The number of benzene rings is 1. The van der Waals surface area contributed by atoms with Gasteiger partial charge in [0.15, 0.2) is 0 Å². The van der Waals surface area contributed by atoms with Gasteiger partial charge < -0.3 is 9.84 Å². The molecule has 0 aromatic heterocycles. The van der Waals surface area contributed by atoms with E-state index in [0.29, 0.717) is 13.2 Å². The first-order valence-corrected chi connectivity index (χ1v) is 4.92. The molecule has 0 aliphatic carbocycles. The summed E-state index contributed by atoms with van der Waals surface area (Å²) in [5, 5.41) is 8.86. The van der Waals surface area contributed by atoms with Crippen molar-refractivity contribution < 1.29 is 14.6 Å². The molecule has 2 rings (SSSR count). The Balaban J connectivity index is 2.18. The highest BCUT2D eigenvalue weighted by Gasteiger charge is 2.33. The Hall–Kier alpha value is -1.55. The van der Waals surface area contributed by atoms with Crippen LogP contribution < -0.4 is 0 Å². The second kappa shape index (κ2) is 4.31. The van der Waals surface area contributed by atoms with Crippen LogP contribution in [0.1, 0.15) is 11.6 Å². The second-order valence-corrected chi connectivity index (χ2v) is 3.42. The number of aliphatic hydroxyl groups is 1. The zero-order valence-electron chi connectivity index (χ0n) is 8.30. The maximum atomic E-state index is 11.3. The molecule has 1 amide bonds. The van der Waals surface area contributed by atoms with Crippen LogP contribution in [0.5, 0.6) is 0 Å². The van der Waals surface area contributed by atoms with Gasteiger partial charge in [-0.2, -0.15) is 0 Å². The van der Waals surface area contributed by atoms with Gasteiger partial charge in [0, 0.05) is 6.54 Å². The van der Waals surface area contributed by atoms with Gasteiger partial charge in [0.25, 0.3) is 0 Å². The van der Waals surface area contributed by atoms with Crippen molar-refractivity contribution in [3.05, 3.63) is 35.9 Å². The predicted molar refractivity (Wildman–Crippen MR) is 54.3 cm³/mol. The van der Waals surface area contributed by atoms with Gasteiger partial charge in [0.05, 0.1) is 12.6 Å². The van der Waals surface area contributed by atoms with Crippen LogP contribution in [0, 0.1) is 0 Å². The summed E-state index contributed by atoms with van der Waals surface area (Å²) in [6, 6.07) is 9.63. The molecule has 1 aliphatic rings. The summed E-state index contributed by atoms with van der Waals surface area (Å²) in [6.07, 6.45) is -0.349. The molecule has 1 heterocycles. The van der Waals surface area contributed by atoms with Crippen molar-refractivity contribution in [3.63, 3.8) is 0 Å². The molecule has 15 heavy (non-hydrogen) atoms. The summed E-state index contributed by atoms with van der Waals surface area (Å²) in [4.78, 5) is 12.9. The van der Waals surface area contributed by atoms with Crippen molar-refractivity contribution in [2.75, 3.05) is 19.8 Å². The van der Waals surface area contributed by atoms with Crippen molar-refractivity contribution in [3.8, 4) is 0 Å². The highest BCUT2D eigenvalue weighted by molar-refractivity contribution is 5.70. The summed E-state index contributed by atoms with van der Waals surface area (Å²) >= 11 is 0. The molecule has 1 fully saturated rings. The number of β-amino-alcohol motifs (C(OH)–C–C–N with tert-alkyl or cyclic N) is 1. The summed E-state index contributed by atoms with van der Waals surface area (Å²) in [6.45, 7) is 0.639. The average molecular weight is 207 g/mol. The van der Waals surface area contributed by atoms with E-state index in [4.69, 9.17) is 9.84 Å². The lowest BCUT2D eigenvalue weighted by Gasteiger charge is -2.20. The zero-order valence-corrected chi connectivity index (χ0v) is 8.30. The zero-order chi connectivity index (χ0) is 10.7. The van der Waals surface area contributed by atoms with Gasteiger partial charge >= 0.3 is 6.09 Å². The number of nitrogens with zero attached hydrogens (tertiary/aromatic N) is 1. The van der Waals surface area contributed by atoms with Gasteiger partial charge in [0.1, 0.15) is 6.61 Å². The molecular formula is C11H13NO3. The first-order chi connectivity index (χ1) is 7.33. The lowest BCUT2D eigenvalue weighted by molar-refractivity contribution is 0.148. The second-order valence-electron chi connectivity index (χ2n) is 3.42. The minimum Gasteiger partial charge on any atom is -0.447 e. The van der Waals surface area contributed by atoms with Gasteiger partial charge in [-0.1, -0.05) is 30.3 Å². The van der Waals surface area contributed by atoms with E-state index in [9.17, 15) is 4.79 Å². The first kappa shape index (κ1) is 9.98. The van der Waals surface area contributed by atoms with E-state index in [-0.39, 0.29) is 18.7 Å². The Bertz CT molecular complexity index is 339. The molecule has 1 atom stereocenters. The largest absolute Gasteiger partial charge is 0.447 e. The van der Waals surface area contributed by atoms with E-state index < -0.39 is 0 Å². The molecule has 80 valence electrons. The van der Waals surface area contributed by atoms with E-state index in [1.54, 1.807) is 4.90 Å². The van der Waals surface area contributed by atoms with Gasteiger partial charge in [-0.3, -0.25) is 4.90 Å². The van der Waals surface area contributed by atoms with Crippen molar-refractivity contribution in [2.24, 2.45) is 0 Å². The lowest BCUT2D eigenvalue weighted by atomic mass is 10.1. The van der Waals surface area contributed by atoms with Crippen LogP contribution in [0.4, 0.5) is 4.79 Å². The normalized spacial score (nSPS) is 20.5. The van der Waals surface area contributed by atoms with Crippen LogP contribution in [0.2, 0.25) is 0 Å². The monoisotopic (exact) mass is 207 g/mol. The fraction of sp³-hybridized carbons (Fsp3) is 0.364. The summed E-state index contributed by atoms with van der Waals surface area (Å²) in [7, 11) is 0. The van der Waals surface area contributed by atoms with Crippen LogP contribution in [-0.4, -0.2) is 35.9 Å². The molecule has 0 spiro atoms. The third kappa shape index (κ3) is 1.94. The Morgan fingerprint density at radius 2 is 2.13 bits per heavy atom. The Labute approximate surface area is 88.1 Å². The maximum Gasteiger partial charge on any atom is 0.410 e. The smallest absolute Gasteiger partial charge is 0.410 e. The number of hydrogen-bond donors (Lipinski definition) is 1. The number of aliphatic hydroxyl groups excluding tert-OH is 1. The molecule has 4 heteroatoms. The van der Waals surface area contributed by atoms with E-state index in [1.165, 1.54) is 0 Å². The number of amides is 1. The van der Waals surface area contributed by atoms with Gasteiger partial charge in [0.2, 0.25) is 0 Å². The molecular weight excluding hydrogens is 194 g/mol. The number of cyclic esters (lactones) is 1. The standard InChI is InChI=1S/C11H13NO3/c13-7-6-12-10(8-15-11(12)14)9-4-2-1-3-5-9/h1-5,10,13H,6-8H2. The van der Waals surface area contributed by atoms with E-state index in [2.05, 4.69) is 0 Å². The molecule has 1 aromatic carbocycles. The molecule has 1 N–H and O–H groups in total. The molecule has 1 saturated heterocycles. The minimum absolute atomic E-state index is 0.0432. The van der Waals surface area contributed by atoms with Crippen LogP contribution in [-0.2, 0) is 4.74 Å². The number of carbonyl (C=O) groups is 1. The average Bonchev–Trinajstić information content (AvgIpc) is 2.63. The predicted octanol–water partition coefficient (Wildman–Crippen LogP) is 1.17. The van der Waals surface area contributed by atoms with E-state index in [1.807, 2.05) is 30.3 Å². The lowest BCUT2D eigenvalue weighted by Crippen LogP contribution is -2.30. The maximum absolute atomic E-state index is 11.3. The highest BCUT2D eigenvalue weighted by atomic mass is 16.6. The topological polar surface area (TPSA) is 49.8 Å². The summed E-state index contributed by atoms with van der Waals surface area (Å²) in [5.41, 5.74) is 1.04. The number of ether oxygens (including phenoxy) is 1. The number of rotatable bonds is 3. The Morgan fingerprint density at radius 3 is 2.80 bits per heavy atom. The third-order valence-corrected chi connectivity index (χ3v) is 2.50. The van der Waals surface area contributed by atoms with Crippen molar-refractivity contribution in [1.82, 2.24) is 4.90 Å². The molecule has 0 bridgehead atoms. The molecule has 1 aliphatic heterocycles. The first-order valence-electron chi connectivity index (χ1n) is 4.92. The molecule has 0 radical (unpaired) electrons. The van der Waals surface area contributed by atoms with E-state index in [0.717, 1.165) is 5.56 Å². The summed E-state index contributed by atoms with van der Waals surface area (Å²) in [5.74, 6) is 0. The fourth-order valence-electron chi connectivity index (χ4n) is 1.76. The molecule has 4 nitrogen and oxygen atoms in total. The minimum atomic E-state index is -0.349. The Kier molecular flexibility index (Phi) is 2.87.